The van der Waals surface area contributed by atoms with Crippen LogP contribution in [0.1, 0.15) is 23.0 Å². The third-order valence-corrected chi connectivity index (χ3v) is 3.88. The SMILES string of the molecule is CCOC(=O)c1ccc(NC(=O)Nc2ccc3nc(C)cc(N)c3c2)cc1. The average Bonchev–Trinajstić information content (AvgIpc) is 2.63. The van der Waals surface area contributed by atoms with Crippen LogP contribution < -0.4 is 16.4 Å². The fourth-order valence-corrected chi connectivity index (χ4v) is 2.67. The molecule has 0 unspecified atom stereocenters. The molecule has 0 aliphatic heterocycles. The number of hydrogen-bond donors (Lipinski definition) is 3. The molecule has 0 saturated carbocycles. The van der Waals surface area contributed by atoms with Gasteiger partial charge in [0.15, 0.2) is 0 Å². The summed E-state index contributed by atoms with van der Waals surface area (Å²) >= 11 is 0. The number of rotatable bonds is 4. The molecular weight excluding hydrogens is 344 g/mol. The number of nitrogens with two attached hydrogens (primary N) is 1. The summed E-state index contributed by atoms with van der Waals surface area (Å²) in [5.41, 5.74) is 9.83. The van der Waals surface area contributed by atoms with Gasteiger partial charge in [0.1, 0.15) is 0 Å². The fourth-order valence-electron chi connectivity index (χ4n) is 2.67. The number of aryl methyl sites for hydroxylation is 1. The number of urea groups is 1. The van der Waals surface area contributed by atoms with E-state index in [2.05, 4.69) is 15.6 Å². The summed E-state index contributed by atoms with van der Waals surface area (Å²) in [5, 5.41) is 6.24. The van der Waals surface area contributed by atoms with Crippen LogP contribution in [-0.2, 0) is 4.74 Å². The van der Waals surface area contributed by atoms with Crippen molar-refractivity contribution in [3.8, 4) is 0 Å². The van der Waals surface area contributed by atoms with Crippen molar-refractivity contribution in [1.82, 2.24) is 4.98 Å². The van der Waals surface area contributed by atoms with Gasteiger partial charge in [-0.2, -0.15) is 0 Å². The molecule has 0 aliphatic carbocycles. The van der Waals surface area contributed by atoms with Crippen LogP contribution in [0.25, 0.3) is 10.9 Å². The first-order valence-electron chi connectivity index (χ1n) is 8.48. The highest BCUT2D eigenvalue weighted by Gasteiger charge is 2.08. The maximum absolute atomic E-state index is 12.2. The Balaban J connectivity index is 1.69. The molecular formula is C20H20N4O3. The Morgan fingerprint density at radius 1 is 1.04 bits per heavy atom. The van der Waals surface area contributed by atoms with Crippen LogP contribution in [0.3, 0.4) is 0 Å². The van der Waals surface area contributed by atoms with Crippen LogP contribution in [0.4, 0.5) is 21.9 Å². The van der Waals surface area contributed by atoms with E-state index >= 15 is 0 Å². The first-order valence-corrected chi connectivity index (χ1v) is 8.48. The predicted octanol–water partition coefficient (Wildman–Crippen LogP) is 3.95. The maximum Gasteiger partial charge on any atom is 0.338 e. The average molecular weight is 364 g/mol. The Hall–Kier alpha value is -3.61. The number of ether oxygens (including phenoxy) is 1. The van der Waals surface area contributed by atoms with Gasteiger partial charge in [-0.15, -0.1) is 0 Å². The van der Waals surface area contributed by atoms with E-state index in [4.69, 9.17) is 10.5 Å². The number of nitrogens with zero attached hydrogens (tertiary/aromatic N) is 1. The number of pyridine rings is 1. The molecule has 1 aromatic heterocycles. The van der Waals surface area contributed by atoms with Gasteiger partial charge in [0.05, 0.1) is 17.7 Å². The number of hydrogen-bond acceptors (Lipinski definition) is 5. The van der Waals surface area contributed by atoms with E-state index in [9.17, 15) is 9.59 Å². The summed E-state index contributed by atoms with van der Waals surface area (Å²) in [7, 11) is 0. The number of aromatic nitrogens is 1. The highest BCUT2D eigenvalue weighted by atomic mass is 16.5. The highest BCUT2D eigenvalue weighted by Crippen LogP contribution is 2.24. The Kier molecular flexibility index (Phi) is 5.21. The molecule has 0 radical (unpaired) electrons. The van der Waals surface area contributed by atoms with E-state index in [1.165, 1.54) is 0 Å². The molecule has 0 fully saturated rings. The first kappa shape index (κ1) is 18.2. The minimum Gasteiger partial charge on any atom is -0.462 e. The summed E-state index contributed by atoms with van der Waals surface area (Å²) in [6.45, 7) is 3.94. The van der Waals surface area contributed by atoms with Crippen molar-refractivity contribution in [2.45, 2.75) is 13.8 Å². The molecule has 2 amide bonds. The third kappa shape index (κ3) is 4.33. The molecule has 4 N–H and O–H groups in total. The molecule has 3 rings (SSSR count). The highest BCUT2D eigenvalue weighted by molar-refractivity contribution is 6.02. The Bertz CT molecular complexity index is 1000. The zero-order chi connectivity index (χ0) is 19.4. The molecule has 138 valence electrons. The van der Waals surface area contributed by atoms with E-state index in [0.717, 1.165) is 16.6 Å². The van der Waals surface area contributed by atoms with Gasteiger partial charge in [-0.3, -0.25) is 4.98 Å². The van der Waals surface area contributed by atoms with Gasteiger partial charge >= 0.3 is 12.0 Å². The monoisotopic (exact) mass is 364 g/mol. The molecule has 0 spiro atoms. The van der Waals surface area contributed by atoms with Gasteiger partial charge in [-0.1, -0.05) is 0 Å². The number of nitrogen functional groups attached to an aromatic ring is 1. The molecule has 0 aliphatic rings. The van der Waals surface area contributed by atoms with E-state index in [1.54, 1.807) is 49.4 Å². The van der Waals surface area contributed by atoms with Crippen LogP contribution >= 0.6 is 0 Å². The van der Waals surface area contributed by atoms with Crippen molar-refractivity contribution in [3.05, 3.63) is 59.8 Å². The Labute approximate surface area is 156 Å². The second kappa shape index (κ2) is 7.74. The van der Waals surface area contributed by atoms with Gasteiger partial charge in [0.25, 0.3) is 0 Å². The zero-order valence-corrected chi connectivity index (χ0v) is 15.1. The fraction of sp³-hybridized carbons (Fsp3) is 0.150. The summed E-state index contributed by atoms with van der Waals surface area (Å²) < 4.78 is 4.93. The zero-order valence-electron chi connectivity index (χ0n) is 15.1. The van der Waals surface area contributed by atoms with E-state index < -0.39 is 12.0 Å². The lowest BCUT2D eigenvalue weighted by Gasteiger charge is -2.10. The molecule has 1 heterocycles. The quantitative estimate of drug-likeness (QED) is 0.608. The number of amides is 2. The van der Waals surface area contributed by atoms with Crippen molar-refractivity contribution < 1.29 is 14.3 Å². The van der Waals surface area contributed by atoms with Crippen molar-refractivity contribution >= 4 is 40.0 Å². The number of carbonyl (C=O) groups is 2. The summed E-state index contributed by atoms with van der Waals surface area (Å²) in [6, 6.07) is 13.2. The van der Waals surface area contributed by atoms with Crippen LogP contribution in [0.2, 0.25) is 0 Å². The topological polar surface area (TPSA) is 106 Å². The lowest BCUT2D eigenvalue weighted by molar-refractivity contribution is 0.0526. The van der Waals surface area contributed by atoms with Crippen LogP contribution in [-0.4, -0.2) is 23.6 Å². The second-order valence-electron chi connectivity index (χ2n) is 5.96. The Morgan fingerprint density at radius 2 is 1.70 bits per heavy atom. The van der Waals surface area contributed by atoms with Crippen molar-refractivity contribution in [3.63, 3.8) is 0 Å². The number of esters is 1. The van der Waals surface area contributed by atoms with Gasteiger partial charge in [0.2, 0.25) is 0 Å². The summed E-state index contributed by atoms with van der Waals surface area (Å²) in [6.07, 6.45) is 0. The van der Waals surface area contributed by atoms with E-state index in [1.807, 2.05) is 13.0 Å². The van der Waals surface area contributed by atoms with Crippen LogP contribution in [0.15, 0.2) is 48.5 Å². The lowest BCUT2D eigenvalue weighted by Crippen LogP contribution is -2.19. The molecule has 7 nitrogen and oxygen atoms in total. The van der Waals surface area contributed by atoms with Gasteiger partial charge in [0, 0.05) is 28.1 Å². The number of benzene rings is 2. The van der Waals surface area contributed by atoms with Gasteiger partial charge in [-0.25, -0.2) is 9.59 Å². The van der Waals surface area contributed by atoms with E-state index in [-0.39, 0.29) is 0 Å². The standard InChI is InChI=1S/C20H20N4O3/c1-3-27-19(25)13-4-6-14(7-5-13)23-20(26)24-15-8-9-18-16(11-15)17(21)10-12(2)22-18/h4-11H,3H2,1-2H3,(H2,21,22)(H2,23,24,26). The number of nitrogens with one attached hydrogen (secondary N) is 2. The minimum atomic E-state index is -0.406. The minimum absolute atomic E-state index is 0.312. The molecule has 2 aromatic carbocycles. The largest absolute Gasteiger partial charge is 0.462 e. The second-order valence-corrected chi connectivity index (χ2v) is 5.96. The number of fused-ring (bicyclic) bond motifs is 1. The van der Waals surface area contributed by atoms with Crippen molar-refractivity contribution in [2.24, 2.45) is 0 Å². The molecule has 27 heavy (non-hydrogen) atoms. The smallest absolute Gasteiger partial charge is 0.338 e. The first-order chi connectivity index (χ1) is 13.0. The maximum atomic E-state index is 12.2. The molecule has 7 heteroatoms. The molecule has 0 bridgehead atoms. The number of carbonyl (C=O) groups excluding carboxylic acids is 2. The van der Waals surface area contributed by atoms with E-state index in [0.29, 0.717) is 29.2 Å². The summed E-state index contributed by atoms with van der Waals surface area (Å²) in [4.78, 5) is 28.3. The van der Waals surface area contributed by atoms with Gasteiger partial charge in [-0.05, 0) is 62.4 Å². The van der Waals surface area contributed by atoms with Crippen molar-refractivity contribution in [2.75, 3.05) is 23.0 Å². The van der Waals surface area contributed by atoms with Crippen LogP contribution in [0, 0.1) is 6.92 Å². The Morgan fingerprint density at radius 3 is 2.41 bits per heavy atom. The lowest BCUT2D eigenvalue weighted by atomic mass is 10.1. The van der Waals surface area contributed by atoms with Crippen LogP contribution in [0.5, 0.6) is 0 Å². The molecule has 0 atom stereocenters. The molecule has 0 saturated heterocycles. The predicted molar refractivity (Wildman–Crippen MR) is 106 cm³/mol. The van der Waals surface area contributed by atoms with Gasteiger partial charge < -0.3 is 21.1 Å². The normalized spacial score (nSPS) is 10.4. The third-order valence-electron chi connectivity index (χ3n) is 3.88. The summed E-state index contributed by atoms with van der Waals surface area (Å²) in [5.74, 6) is -0.397. The number of anilines is 3. The molecule has 3 aromatic rings. The van der Waals surface area contributed by atoms with Crippen molar-refractivity contribution in [1.29, 1.82) is 0 Å².